The predicted octanol–water partition coefficient (Wildman–Crippen LogP) is 5.47. The van der Waals surface area contributed by atoms with E-state index in [-0.39, 0.29) is 24.2 Å². The first-order valence-electron chi connectivity index (χ1n) is 11.5. The molecule has 0 fully saturated rings. The summed E-state index contributed by atoms with van der Waals surface area (Å²) in [4.78, 5) is 24.8. The van der Waals surface area contributed by atoms with Crippen molar-refractivity contribution in [1.82, 2.24) is 20.3 Å². The molecule has 0 saturated heterocycles. The second kappa shape index (κ2) is 11.7. The SMILES string of the molecule is Cc1ccccc1CNC(=O)c1ccc(-c2nc(NCc3ccc(F)cc3)nc(OCC(F)(F)F)n2)cc1. The number of hydrogen-bond donors (Lipinski definition) is 2. The molecule has 0 aliphatic rings. The van der Waals surface area contributed by atoms with Gasteiger partial charge in [0.25, 0.3) is 5.91 Å². The van der Waals surface area contributed by atoms with Crippen LogP contribution in [0.5, 0.6) is 6.01 Å². The van der Waals surface area contributed by atoms with Crippen LogP contribution in [0.1, 0.15) is 27.0 Å². The second-order valence-corrected chi connectivity index (χ2v) is 8.34. The smallest absolute Gasteiger partial charge is 0.422 e. The Hall–Kier alpha value is -4.54. The molecule has 0 aliphatic carbocycles. The van der Waals surface area contributed by atoms with E-state index in [9.17, 15) is 22.4 Å². The van der Waals surface area contributed by atoms with E-state index in [1.165, 1.54) is 12.1 Å². The molecule has 1 heterocycles. The first-order valence-corrected chi connectivity index (χ1v) is 11.5. The molecule has 38 heavy (non-hydrogen) atoms. The number of ether oxygens (including phenoxy) is 1. The molecule has 7 nitrogen and oxygen atoms in total. The quantitative estimate of drug-likeness (QED) is 0.282. The van der Waals surface area contributed by atoms with Crippen LogP contribution in [0.2, 0.25) is 0 Å². The fourth-order valence-corrected chi connectivity index (χ4v) is 3.42. The number of nitrogens with zero attached hydrogens (tertiary/aromatic N) is 3. The minimum atomic E-state index is -4.58. The summed E-state index contributed by atoms with van der Waals surface area (Å²) in [6, 6.07) is 19.1. The third kappa shape index (κ3) is 7.48. The van der Waals surface area contributed by atoms with Crippen LogP contribution in [-0.2, 0) is 13.1 Å². The summed E-state index contributed by atoms with van der Waals surface area (Å²) in [6.07, 6.45) is -4.58. The summed E-state index contributed by atoms with van der Waals surface area (Å²) in [5, 5.41) is 5.74. The van der Waals surface area contributed by atoms with Crippen molar-refractivity contribution in [1.29, 1.82) is 0 Å². The maximum Gasteiger partial charge on any atom is 0.422 e. The van der Waals surface area contributed by atoms with Gasteiger partial charge in [0.15, 0.2) is 12.4 Å². The largest absolute Gasteiger partial charge is 0.454 e. The van der Waals surface area contributed by atoms with Crippen LogP contribution in [0.3, 0.4) is 0 Å². The van der Waals surface area contributed by atoms with E-state index in [2.05, 4.69) is 25.6 Å². The van der Waals surface area contributed by atoms with Gasteiger partial charge >= 0.3 is 12.2 Å². The molecule has 1 amide bonds. The van der Waals surface area contributed by atoms with Gasteiger partial charge in [-0.05, 0) is 47.9 Å². The molecule has 0 saturated carbocycles. The van der Waals surface area contributed by atoms with Gasteiger partial charge in [-0.3, -0.25) is 4.79 Å². The number of hydrogen-bond acceptors (Lipinski definition) is 6. The highest BCUT2D eigenvalue weighted by molar-refractivity contribution is 5.94. The summed E-state index contributed by atoms with van der Waals surface area (Å²) in [5.41, 5.74) is 3.58. The van der Waals surface area contributed by atoms with Crippen LogP contribution >= 0.6 is 0 Å². The number of aromatic nitrogens is 3. The maximum atomic E-state index is 13.2. The lowest BCUT2D eigenvalue weighted by Crippen LogP contribution is -2.23. The van der Waals surface area contributed by atoms with Gasteiger partial charge in [0.05, 0.1) is 0 Å². The van der Waals surface area contributed by atoms with Crippen LogP contribution in [-0.4, -0.2) is 33.6 Å². The molecule has 11 heteroatoms. The lowest BCUT2D eigenvalue weighted by atomic mass is 10.1. The molecule has 1 aromatic heterocycles. The Bertz CT molecular complexity index is 1390. The predicted molar refractivity (Wildman–Crippen MR) is 133 cm³/mol. The molecule has 0 radical (unpaired) electrons. The molecule has 0 bridgehead atoms. The van der Waals surface area contributed by atoms with Crippen LogP contribution in [0.25, 0.3) is 11.4 Å². The van der Waals surface area contributed by atoms with Gasteiger partial charge < -0.3 is 15.4 Å². The number of anilines is 1. The molecular formula is C27H23F4N5O2. The molecule has 0 unspecified atom stereocenters. The summed E-state index contributed by atoms with van der Waals surface area (Å²) >= 11 is 0. The Morgan fingerprint density at radius 3 is 2.29 bits per heavy atom. The van der Waals surface area contributed by atoms with E-state index in [0.29, 0.717) is 23.2 Å². The Morgan fingerprint density at radius 1 is 0.895 bits per heavy atom. The minimum absolute atomic E-state index is 0.0310. The standard InChI is InChI=1S/C27H23F4N5O2/c1-17-4-2-3-5-21(17)15-32-24(37)20-10-8-19(9-11-20)23-34-25(33-14-18-6-12-22(28)13-7-18)36-26(35-23)38-16-27(29,30)31/h2-13H,14-16H2,1H3,(H,32,37)(H,33,34,35,36). The van der Waals surface area contributed by atoms with Crippen molar-refractivity contribution in [3.05, 3.63) is 101 Å². The minimum Gasteiger partial charge on any atom is -0.454 e. The van der Waals surface area contributed by atoms with E-state index < -0.39 is 24.6 Å². The maximum absolute atomic E-state index is 13.2. The van der Waals surface area contributed by atoms with Crippen molar-refractivity contribution in [3.63, 3.8) is 0 Å². The molecule has 4 rings (SSSR count). The van der Waals surface area contributed by atoms with Crippen molar-refractivity contribution >= 4 is 11.9 Å². The number of carbonyl (C=O) groups is 1. The average Bonchev–Trinajstić information content (AvgIpc) is 2.90. The van der Waals surface area contributed by atoms with Gasteiger partial charge in [-0.25, -0.2) is 4.39 Å². The number of rotatable bonds is 9. The van der Waals surface area contributed by atoms with Gasteiger partial charge in [0, 0.05) is 24.2 Å². The van der Waals surface area contributed by atoms with E-state index in [4.69, 9.17) is 4.74 Å². The molecule has 0 aliphatic heterocycles. The highest BCUT2D eigenvalue weighted by Crippen LogP contribution is 2.22. The van der Waals surface area contributed by atoms with Gasteiger partial charge in [-0.2, -0.15) is 28.1 Å². The second-order valence-electron chi connectivity index (χ2n) is 8.34. The van der Waals surface area contributed by atoms with E-state index in [1.54, 1.807) is 36.4 Å². The first kappa shape index (κ1) is 26.5. The fourth-order valence-electron chi connectivity index (χ4n) is 3.42. The summed E-state index contributed by atoms with van der Waals surface area (Å²) < 4.78 is 56.0. The first-order chi connectivity index (χ1) is 18.2. The number of amides is 1. The zero-order valence-electron chi connectivity index (χ0n) is 20.2. The summed E-state index contributed by atoms with van der Waals surface area (Å²) in [7, 11) is 0. The van der Waals surface area contributed by atoms with Crippen LogP contribution in [0.4, 0.5) is 23.5 Å². The molecule has 196 valence electrons. The zero-order valence-corrected chi connectivity index (χ0v) is 20.2. The number of carbonyl (C=O) groups excluding carboxylic acids is 1. The number of benzene rings is 3. The van der Waals surface area contributed by atoms with Crippen molar-refractivity contribution in [2.24, 2.45) is 0 Å². The number of halogens is 4. The lowest BCUT2D eigenvalue weighted by Gasteiger charge is -2.12. The Labute approximate surface area is 215 Å². The zero-order chi connectivity index (χ0) is 27.1. The van der Waals surface area contributed by atoms with Crippen molar-refractivity contribution < 1.29 is 27.1 Å². The highest BCUT2D eigenvalue weighted by atomic mass is 19.4. The Balaban J connectivity index is 1.50. The molecule has 0 spiro atoms. The average molecular weight is 526 g/mol. The van der Waals surface area contributed by atoms with Crippen molar-refractivity contribution in [2.45, 2.75) is 26.2 Å². The normalized spacial score (nSPS) is 11.2. The number of nitrogens with one attached hydrogen (secondary N) is 2. The van der Waals surface area contributed by atoms with Crippen molar-refractivity contribution in [2.75, 3.05) is 11.9 Å². The molecule has 2 N–H and O–H groups in total. The third-order valence-corrected chi connectivity index (χ3v) is 5.45. The van der Waals surface area contributed by atoms with Crippen LogP contribution in [0.15, 0.2) is 72.8 Å². The molecule has 4 aromatic rings. The number of aryl methyl sites for hydroxylation is 1. The van der Waals surface area contributed by atoms with Gasteiger partial charge in [0.1, 0.15) is 5.82 Å². The van der Waals surface area contributed by atoms with Crippen molar-refractivity contribution in [3.8, 4) is 17.4 Å². The molecule has 0 atom stereocenters. The summed E-state index contributed by atoms with van der Waals surface area (Å²) in [5.74, 6) is -0.667. The fraction of sp³-hybridized carbons (Fsp3) is 0.185. The monoisotopic (exact) mass is 525 g/mol. The van der Waals surface area contributed by atoms with Crippen LogP contribution < -0.4 is 15.4 Å². The van der Waals surface area contributed by atoms with E-state index >= 15 is 0 Å². The summed E-state index contributed by atoms with van der Waals surface area (Å²) in [6.45, 7) is 0.931. The van der Waals surface area contributed by atoms with Gasteiger partial charge in [-0.15, -0.1) is 0 Å². The third-order valence-electron chi connectivity index (χ3n) is 5.45. The molecular weight excluding hydrogens is 502 g/mol. The lowest BCUT2D eigenvalue weighted by molar-refractivity contribution is -0.154. The Kier molecular flexibility index (Phi) is 8.15. The van der Waals surface area contributed by atoms with Gasteiger partial charge in [-0.1, -0.05) is 48.5 Å². The van der Waals surface area contributed by atoms with Crippen LogP contribution in [0, 0.1) is 12.7 Å². The van der Waals surface area contributed by atoms with E-state index in [0.717, 1.165) is 11.1 Å². The van der Waals surface area contributed by atoms with Gasteiger partial charge in [0.2, 0.25) is 5.95 Å². The molecule has 3 aromatic carbocycles. The van der Waals surface area contributed by atoms with E-state index in [1.807, 2.05) is 31.2 Å². The number of alkyl halides is 3. The Morgan fingerprint density at radius 2 is 1.61 bits per heavy atom. The highest BCUT2D eigenvalue weighted by Gasteiger charge is 2.29. The topological polar surface area (TPSA) is 89.0 Å².